The van der Waals surface area contributed by atoms with Gasteiger partial charge >= 0.3 is 0 Å². The first kappa shape index (κ1) is 10.5. The molecule has 0 aromatic carbocycles. The van der Waals surface area contributed by atoms with Gasteiger partial charge in [-0.15, -0.1) is 0 Å². The van der Waals surface area contributed by atoms with Crippen LogP contribution in [0.15, 0.2) is 40.2 Å². The van der Waals surface area contributed by atoms with E-state index >= 15 is 0 Å². The Balaban J connectivity index is 1.96. The zero-order valence-corrected chi connectivity index (χ0v) is 10.2. The van der Waals surface area contributed by atoms with Crippen molar-refractivity contribution in [3.63, 3.8) is 0 Å². The Bertz CT molecular complexity index is 508. The van der Waals surface area contributed by atoms with Gasteiger partial charge in [-0.3, -0.25) is 4.99 Å². The third-order valence-electron chi connectivity index (χ3n) is 4.11. The Morgan fingerprint density at radius 2 is 2.47 bits per heavy atom. The van der Waals surface area contributed by atoms with Crippen molar-refractivity contribution in [1.82, 2.24) is 5.32 Å². The van der Waals surface area contributed by atoms with Gasteiger partial charge in [0.05, 0.1) is 11.7 Å². The predicted molar refractivity (Wildman–Crippen MR) is 70.4 cm³/mol. The number of hydrogen-bond acceptors (Lipinski definition) is 3. The zero-order valence-electron chi connectivity index (χ0n) is 10.2. The molecule has 0 aromatic heterocycles. The van der Waals surface area contributed by atoms with Crippen LogP contribution in [0, 0.1) is 10.8 Å². The van der Waals surface area contributed by atoms with Crippen molar-refractivity contribution < 1.29 is 0 Å². The maximum atomic E-state index is 7.65. The second-order valence-electron chi connectivity index (χ2n) is 5.13. The first-order chi connectivity index (χ1) is 8.18. The molecule has 2 bridgehead atoms. The minimum absolute atomic E-state index is 0.130. The third-order valence-corrected chi connectivity index (χ3v) is 4.11. The SMILES string of the molecule is CCC(C)(C=N)C1=CC2=C1[C@@H]1CC(=N2)C=CN1. The van der Waals surface area contributed by atoms with Gasteiger partial charge in [0.15, 0.2) is 0 Å². The van der Waals surface area contributed by atoms with E-state index in [0.717, 1.165) is 24.3 Å². The Morgan fingerprint density at radius 3 is 3.18 bits per heavy atom. The molecule has 88 valence electrons. The normalized spacial score (nSPS) is 28.2. The van der Waals surface area contributed by atoms with Gasteiger partial charge < -0.3 is 10.7 Å². The van der Waals surface area contributed by atoms with Crippen LogP contribution in [-0.4, -0.2) is 18.0 Å². The van der Waals surface area contributed by atoms with Gasteiger partial charge in [-0.2, -0.15) is 0 Å². The van der Waals surface area contributed by atoms with E-state index in [2.05, 4.69) is 30.2 Å². The molecule has 2 aliphatic heterocycles. The molecule has 0 spiro atoms. The summed E-state index contributed by atoms with van der Waals surface area (Å²) in [6, 6.07) is 0.369. The monoisotopic (exact) mass is 227 g/mol. The number of allylic oxidation sites excluding steroid dienone is 2. The molecule has 2 N–H and O–H groups in total. The minimum Gasteiger partial charge on any atom is -0.384 e. The van der Waals surface area contributed by atoms with Gasteiger partial charge in [0.25, 0.3) is 0 Å². The molecule has 0 radical (unpaired) electrons. The summed E-state index contributed by atoms with van der Waals surface area (Å²) in [5, 5.41) is 11.0. The van der Waals surface area contributed by atoms with Gasteiger partial charge in [0.2, 0.25) is 0 Å². The third kappa shape index (κ3) is 1.35. The minimum atomic E-state index is -0.130. The molecule has 1 unspecified atom stereocenters. The lowest BCUT2D eigenvalue weighted by molar-refractivity contribution is 0.518. The van der Waals surface area contributed by atoms with Crippen LogP contribution < -0.4 is 5.32 Å². The van der Waals surface area contributed by atoms with Gasteiger partial charge in [0, 0.05) is 29.3 Å². The molecular weight excluding hydrogens is 210 g/mol. The average molecular weight is 227 g/mol. The maximum absolute atomic E-state index is 7.65. The van der Waals surface area contributed by atoms with Crippen LogP contribution in [0.25, 0.3) is 0 Å². The highest BCUT2D eigenvalue weighted by Crippen LogP contribution is 2.46. The molecule has 2 atom stereocenters. The summed E-state index contributed by atoms with van der Waals surface area (Å²) in [4.78, 5) is 4.62. The van der Waals surface area contributed by atoms with Crippen molar-refractivity contribution in [2.24, 2.45) is 10.4 Å². The molecule has 0 saturated heterocycles. The van der Waals surface area contributed by atoms with E-state index in [4.69, 9.17) is 5.41 Å². The van der Waals surface area contributed by atoms with Crippen molar-refractivity contribution in [2.45, 2.75) is 32.7 Å². The van der Waals surface area contributed by atoms with E-state index in [9.17, 15) is 0 Å². The first-order valence-electron chi connectivity index (χ1n) is 6.16. The number of nitrogens with one attached hydrogen (secondary N) is 2. The molecule has 3 aliphatic rings. The summed E-state index contributed by atoms with van der Waals surface area (Å²) in [6.07, 6.45) is 9.68. The fourth-order valence-corrected chi connectivity index (χ4v) is 2.67. The molecule has 2 heterocycles. The van der Waals surface area contributed by atoms with Crippen LogP contribution in [0.5, 0.6) is 0 Å². The summed E-state index contributed by atoms with van der Waals surface area (Å²) >= 11 is 0. The second kappa shape index (κ2) is 3.42. The lowest BCUT2D eigenvalue weighted by Gasteiger charge is -2.41. The zero-order chi connectivity index (χ0) is 12.0. The molecule has 0 amide bonds. The number of nitrogens with zero attached hydrogens (tertiary/aromatic N) is 1. The predicted octanol–water partition coefficient (Wildman–Crippen LogP) is 2.58. The summed E-state index contributed by atoms with van der Waals surface area (Å²) in [5.41, 5.74) is 4.77. The van der Waals surface area contributed by atoms with Crippen LogP contribution in [0.4, 0.5) is 0 Å². The fourth-order valence-electron chi connectivity index (χ4n) is 2.67. The Morgan fingerprint density at radius 1 is 1.65 bits per heavy atom. The highest BCUT2D eigenvalue weighted by molar-refractivity contribution is 5.99. The summed E-state index contributed by atoms with van der Waals surface area (Å²) in [7, 11) is 0. The largest absolute Gasteiger partial charge is 0.384 e. The first-order valence-corrected chi connectivity index (χ1v) is 6.16. The summed E-state index contributed by atoms with van der Waals surface area (Å²) in [6.45, 7) is 4.27. The summed E-state index contributed by atoms with van der Waals surface area (Å²) in [5.74, 6) is 0. The molecule has 3 rings (SSSR count). The molecular formula is C14H17N3. The Kier molecular flexibility index (Phi) is 2.12. The molecule has 3 heteroatoms. The van der Waals surface area contributed by atoms with E-state index in [1.807, 2.05) is 12.3 Å². The van der Waals surface area contributed by atoms with Crippen LogP contribution in [0.3, 0.4) is 0 Å². The van der Waals surface area contributed by atoms with Crippen LogP contribution in [0.1, 0.15) is 26.7 Å². The van der Waals surface area contributed by atoms with E-state index < -0.39 is 0 Å². The Labute approximate surface area is 102 Å². The topological polar surface area (TPSA) is 48.2 Å². The number of aliphatic imine (C=N–C) groups is 1. The van der Waals surface area contributed by atoms with E-state index in [1.54, 1.807) is 6.21 Å². The average Bonchev–Trinajstić information content (AvgIpc) is 2.32. The van der Waals surface area contributed by atoms with E-state index in [-0.39, 0.29) is 5.41 Å². The van der Waals surface area contributed by atoms with Crippen LogP contribution in [0.2, 0.25) is 0 Å². The molecule has 3 nitrogen and oxygen atoms in total. The molecule has 1 aliphatic carbocycles. The van der Waals surface area contributed by atoms with E-state index in [0.29, 0.717) is 6.04 Å². The van der Waals surface area contributed by atoms with Crippen molar-refractivity contribution in [3.8, 4) is 0 Å². The lowest BCUT2D eigenvalue weighted by Crippen LogP contribution is -2.41. The van der Waals surface area contributed by atoms with Crippen LogP contribution >= 0.6 is 0 Å². The quantitative estimate of drug-likeness (QED) is 0.715. The molecule has 0 fully saturated rings. The second-order valence-corrected chi connectivity index (χ2v) is 5.13. The van der Waals surface area contributed by atoms with Crippen molar-refractivity contribution in [3.05, 3.63) is 35.2 Å². The standard InChI is InChI=1S/C14H17N3/c1-3-14(2,8-15)10-7-12-13(10)11-6-9(17-12)4-5-16-11/h4-5,7-8,11,15-16H,3,6H2,1-2H3/t11-,14?/m0/s1. The van der Waals surface area contributed by atoms with E-state index in [1.165, 1.54) is 11.1 Å². The van der Waals surface area contributed by atoms with Crippen LogP contribution in [-0.2, 0) is 0 Å². The smallest absolute Gasteiger partial charge is 0.0692 e. The van der Waals surface area contributed by atoms with Gasteiger partial charge in [0.1, 0.15) is 0 Å². The number of fused-ring (bicyclic) bond motifs is 3. The van der Waals surface area contributed by atoms with Crippen molar-refractivity contribution >= 4 is 11.9 Å². The number of rotatable bonds is 3. The van der Waals surface area contributed by atoms with Gasteiger partial charge in [-0.25, -0.2) is 0 Å². The Hall–Kier alpha value is -1.64. The highest BCUT2D eigenvalue weighted by atomic mass is 15.0. The maximum Gasteiger partial charge on any atom is 0.0692 e. The number of hydrogen-bond donors (Lipinski definition) is 2. The lowest BCUT2D eigenvalue weighted by atomic mass is 9.68. The van der Waals surface area contributed by atoms with Crippen molar-refractivity contribution in [1.29, 1.82) is 5.41 Å². The summed E-state index contributed by atoms with van der Waals surface area (Å²) < 4.78 is 0. The van der Waals surface area contributed by atoms with Gasteiger partial charge in [-0.1, -0.05) is 13.8 Å². The fraction of sp³-hybridized carbons (Fsp3) is 0.429. The highest BCUT2D eigenvalue weighted by Gasteiger charge is 2.39. The van der Waals surface area contributed by atoms with Crippen molar-refractivity contribution in [2.75, 3.05) is 0 Å². The molecule has 0 aromatic rings. The molecule has 0 saturated carbocycles. The molecule has 17 heavy (non-hydrogen) atoms. The van der Waals surface area contributed by atoms with Gasteiger partial charge in [-0.05, 0) is 30.3 Å².